The minimum absolute atomic E-state index is 0.120. The van der Waals surface area contributed by atoms with Gasteiger partial charge in [0, 0.05) is 24.6 Å². The number of rotatable bonds is 5. The Morgan fingerprint density at radius 3 is 2.61 bits per heavy atom. The average molecular weight is 497 g/mol. The maximum absolute atomic E-state index is 13.5. The van der Waals surface area contributed by atoms with Crippen LogP contribution < -0.4 is 10.4 Å². The molecular weight excluding hydrogens is 468 g/mol. The lowest BCUT2D eigenvalue weighted by Gasteiger charge is -2.15. The van der Waals surface area contributed by atoms with Gasteiger partial charge in [0.25, 0.3) is 5.56 Å². The number of hydrogen-bond donors (Lipinski definition) is 0. The number of benzene rings is 3. The van der Waals surface area contributed by atoms with E-state index in [0.717, 1.165) is 46.9 Å². The van der Waals surface area contributed by atoms with Crippen LogP contribution in [0.5, 0.6) is 0 Å². The Labute approximate surface area is 213 Å². The van der Waals surface area contributed by atoms with Crippen LogP contribution in [0, 0.1) is 6.92 Å². The van der Waals surface area contributed by atoms with Gasteiger partial charge in [0.15, 0.2) is 10.5 Å². The normalized spacial score (nSPS) is 16.3. The summed E-state index contributed by atoms with van der Waals surface area (Å²) in [4.78, 5) is 19.3. The lowest BCUT2D eigenvalue weighted by Crippen LogP contribution is -2.24. The van der Waals surface area contributed by atoms with Crippen molar-refractivity contribution < 1.29 is 4.74 Å². The fraction of sp³-hybridized carbons (Fsp3) is 0.241. The molecule has 5 aromatic rings. The van der Waals surface area contributed by atoms with Gasteiger partial charge in [-0.1, -0.05) is 60.7 Å². The second-order valence-electron chi connectivity index (χ2n) is 9.20. The van der Waals surface area contributed by atoms with Crippen LogP contribution in [0.25, 0.3) is 27.7 Å². The highest BCUT2D eigenvalue weighted by atomic mass is 32.1. The molecule has 0 bridgehead atoms. The van der Waals surface area contributed by atoms with Crippen LogP contribution in [0.4, 0.5) is 5.69 Å². The van der Waals surface area contributed by atoms with Crippen molar-refractivity contribution in [3.05, 3.63) is 99.0 Å². The molecule has 6 nitrogen and oxygen atoms in total. The second-order valence-corrected chi connectivity index (χ2v) is 10.0. The van der Waals surface area contributed by atoms with E-state index in [4.69, 9.17) is 9.73 Å². The zero-order chi connectivity index (χ0) is 24.6. The Bertz CT molecular complexity index is 1660. The summed E-state index contributed by atoms with van der Waals surface area (Å²) in [6.07, 6.45) is 2.25. The molecule has 182 valence electrons. The first-order valence-corrected chi connectivity index (χ1v) is 13.2. The minimum Gasteiger partial charge on any atom is -0.376 e. The number of para-hydroxylation sites is 1. The highest BCUT2D eigenvalue weighted by molar-refractivity contribution is 7.07. The quantitative estimate of drug-likeness (QED) is 0.319. The van der Waals surface area contributed by atoms with Gasteiger partial charge in [-0.2, -0.15) is 0 Å². The van der Waals surface area contributed by atoms with Gasteiger partial charge in [0.2, 0.25) is 0 Å². The molecule has 1 aliphatic rings. The van der Waals surface area contributed by atoms with Crippen LogP contribution in [-0.4, -0.2) is 26.6 Å². The average Bonchev–Trinajstić information content (AvgIpc) is 3.61. The zero-order valence-corrected chi connectivity index (χ0v) is 21.2. The van der Waals surface area contributed by atoms with Crippen molar-refractivity contribution >= 4 is 27.8 Å². The van der Waals surface area contributed by atoms with Crippen molar-refractivity contribution in [3.8, 4) is 16.9 Å². The predicted octanol–water partition coefficient (Wildman–Crippen LogP) is 5.58. The SMILES string of the molecule is Cc1c(N=c2scc(-c3cccc4ccccc34)n2CC2CCCO2)c(=O)n(-c2ccccc2)n1C. The Hall–Kier alpha value is -3.68. The summed E-state index contributed by atoms with van der Waals surface area (Å²) in [5.41, 5.74) is 4.26. The van der Waals surface area contributed by atoms with Gasteiger partial charge in [-0.15, -0.1) is 11.3 Å². The van der Waals surface area contributed by atoms with Gasteiger partial charge in [-0.25, -0.2) is 9.67 Å². The number of fused-ring (bicyclic) bond motifs is 1. The topological polar surface area (TPSA) is 53.5 Å². The van der Waals surface area contributed by atoms with E-state index in [2.05, 4.69) is 52.4 Å². The molecule has 1 atom stereocenters. The molecule has 0 aliphatic carbocycles. The highest BCUT2D eigenvalue weighted by Crippen LogP contribution is 2.30. The lowest BCUT2D eigenvalue weighted by molar-refractivity contribution is 0.0968. The third-order valence-corrected chi connectivity index (χ3v) is 7.87. The molecule has 0 radical (unpaired) electrons. The van der Waals surface area contributed by atoms with Crippen molar-refractivity contribution in [2.75, 3.05) is 6.61 Å². The Kier molecular flexibility index (Phi) is 5.95. The smallest absolute Gasteiger partial charge is 0.297 e. The first-order chi connectivity index (χ1) is 17.6. The first kappa shape index (κ1) is 22.8. The molecule has 3 aromatic carbocycles. The Morgan fingerprint density at radius 2 is 1.81 bits per heavy atom. The number of nitrogens with zero attached hydrogens (tertiary/aromatic N) is 4. The highest BCUT2D eigenvalue weighted by Gasteiger charge is 2.21. The molecule has 1 aliphatic heterocycles. The van der Waals surface area contributed by atoms with E-state index in [1.165, 1.54) is 10.8 Å². The predicted molar refractivity (Wildman–Crippen MR) is 145 cm³/mol. The lowest BCUT2D eigenvalue weighted by atomic mass is 10.0. The van der Waals surface area contributed by atoms with Crippen molar-refractivity contribution in [2.24, 2.45) is 12.0 Å². The van der Waals surface area contributed by atoms with Crippen molar-refractivity contribution in [2.45, 2.75) is 32.4 Å². The summed E-state index contributed by atoms with van der Waals surface area (Å²) in [5.74, 6) is 0. The summed E-state index contributed by atoms with van der Waals surface area (Å²) >= 11 is 1.57. The minimum atomic E-state index is -0.120. The van der Waals surface area contributed by atoms with E-state index in [-0.39, 0.29) is 11.7 Å². The van der Waals surface area contributed by atoms with E-state index >= 15 is 0 Å². The third kappa shape index (κ3) is 3.94. The third-order valence-electron chi connectivity index (χ3n) is 7.00. The molecule has 1 saturated heterocycles. The molecule has 3 heterocycles. The molecule has 6 rings (SSSR count). The van der Waals surface area contributed by atoms with Gasteiger partial charge in [-0.05, 0) is 42.7 Å². The summed E-state index contributed by atoms with van der Waals surface area (Å²) in [6, 6.07) is 24.5. The zero-order valence-electron chi connectivity index (χ0n) is 20.4. The van der Waals surface area contributed by atoms with E-state index in [0.29, 0.717) is 12.2 Å². The van der Waals surface area contributed by atoms with Crippen molar-refractivity contribution in [3.63, 3.8) is 0 Å². The fourth-order valence-corrected chi connectivity index (χ4v) is 5.95. The van der Waals surface area contributed by atoms with Crippen LogP contribution in [0.2, 0.25) is 0 Å². The summed E-state index contributed by atoms with van der Waals surface area (Å²) in [6.45, 7) is 3.45. The Balaban J connectivity index is 1.55. The van der Waals surface area contributed by atoms with Crippen LogP contribution in [0.15, 0.2) is 88.0 Å². The summed E-state index contributed by atoms with van der Waals surface area (Å²) in [7, 11) is 1.90. The first-order valence-electron chi connectivity index (χ1n) is 12.3. The molecule has 1 fully saturated rings. The maximum atomic E-state index is 13.5. The molecule has 0 N–H and O–H groups in total. The molecular formula is C29H28N4O2S. The largest absolute Gasteiger partial charge is 0.376 e. The van der Waals surface area contributed by atoms with Gasteiger partial charge in [0.1, 0.15) is 0 Å². The number of thiazole rings is 1. The fourth-order valence-electron chi connectivity index (χ4n) is 5.03. The molecule has 0 saturated carbocycles. The molecule has 0 amide bonds. The monoisotopic (exact) mass is 496 g/mol. The van der Waals surface area contributed by atoms with E-state index in [9.17, 15) is 4.79 Å². The molecule has 1 unspecified atom stereocenters. The summed E-state index contributed by atoms with van der Waals surface area (Å²) < 4.78 is 11.8. The van der Waals surface area contributed by atoms with Gasteiger partial charge in [-0.3, -0.25) is 9.48 Å². The van der Waals surface area contributed by atoms with Crippen LogP contribution in [0.1, 0.15) is 18.5 Å². The molecule has 36 heavy (non-hydrogen) atoms. The number of ether oxygens (including phenoxy) is 1. The van der Waals surface area contributed by atoms with E-state index in [1.807, 2.05) is 49.0 Å². The standard InChI is InChI=1S/C29H28N4O2S/c1-20-27(28(34)33(31(20)2)22-12-4-3-5-13-22)30-29-32(18-23-14-9-17-35-23)26(19-36-29)25-16-8-11-21-10-6-7-15-24(21)25/h3-8,10-13,15-16,19,23H,9,14,17-18H2,1-2H3. The van der Waals surface area contributed by atoms with Crippen LogP contribution in [0.3, 0.4) is 0 Å². The van der Waals surface area contributed by atoms with Crippen molar-refractivity contribution in [1.29, 1.82) is 0 Å². The Morgan fingerprint density at radius 1 is 1.03 bits per heavy atom. The molecule has 7 heteroatoms. The molecule has 0 spiro atoms. The second kappa shape index (κ2) is 9.41. The van der Waals surface area contributed by atoms with E-state index in [1.54, 1.807) is 16.0 Å². The van der Waals surface area contributed by atoms with Gasteiger partial charge >= 0.3 is 0 Å². The molecule has 2 aromatic heterocycles. The summed E-state index contributed by atoms with van der Waals surface area (Å²) in [5, 5.41) is 4.56. The number of hydrogen-bond acceptors (Lipinski definition) is 4. The van der Waals surface area contributed by atoms with Gasteiger partial charge < -0.3 is 9.30 Å². The van der Waals surface area contributed by atoms with Crippen molar-refractivity contribution in [1.82, 2.24) is 13.9 Å². The number of aromatic nitrogens is 3. The van der Waals surface area contributed by atoms with Crippen LogP contribution in [-0.2, 0) is 18.3 Å². The maximum Gasteiger partial charge on any atom is 0.297 e. The van der Waals surface area contributed by atoms with Gasteiger partial charge in [0.05, 0.1) is 29.7 Å². The van der Waals surface area contributed by atoms with E-state index < -0.39 is 0 Å². The van der Waals surface area contributed by atoms with Crippen LogP contribution >= 0.6 is 11.3 Å².